The summed E-state index contributed by atoms with van der Waals surface area (Å²) in [6.45, 7) is 2.98. The number of rotatable bonds is 4. The summed E-state index contributed by atoms with van der Waals surface area (Å²) in [5.74, 6) is 0.754. The van der Waals surface area contributed by atoms with Gasteiger partial charge in [-0.25, -0.2) is 0 Å². The largest absolute Gasteiger partial charge is 0.458 e. The summed E-state index contributed by atoms with van der Waals surface area (Å²) in [5.41, 5.74) is 8.14. The van der Waals surface area contributed by atoms with Gasteiger partial charge >= 0.3 is 0 Å². The molecule has 104 valence electrons. The van der Waals surface area contributed by atoms with Crippen LogP contribution in [0.5, 0.6) is 0 Å². The standard InChI is InChI=1S/C15H16BrN3O/c1-2-8-19-12(6-7-18-19)14(17)13-9-10-4-3-5-11(16)15(10)20-13/h3-7,9,14H,2,8,17H2,1H3. The molecule has 0 aliphatic heterocycles. The van der Waals surface area contributed by atoms with Gasteiger partial charge in [-0.2, -0.15) is 5.10 Å². The Morgan fingerprint density at radius 1 is 1.40 bits per heavy atom. The molecule has 1 atom stereocenters. The first-order valence-corrected chi connectivity index (χ1v) is 7.45. The first-order valence-electron chi connectivity index (χ1n) is 6.66. The zero-order chi connectivity index (χ0) is 14.1. The lowest BCUT2D eigenvalue weighted by Gasteiger charge is -2.11. The third-order valence-corrected chi connectivity index (χ3v) is 3.95. The number of aryl methyl sites for hydroxylation is 1. The molecule has 0 aliphatic rings. The smallest absolute Gasteiger partial charge is 0.148 e. The molecule has 0 saturated carbocycles. The zero-order valence-corrected chi connectivity index (χ0v) is 12.8. The van der Waals surface area contributed by atoms with Crippen molar-refractivity contribution >= 4 is 26.9 Å². The quantitative estimate of drug-likeness (QED) is 0.788. The van der Waals surface area contributed by atoms with E-state index >= 15 is 0 Å². The van der Waals surface area contributed by atoms with E-state index < -0.39 is 0 Å². The van der Waals surface area contributed by atoms with Crippen molar-refractivity contribution in [2.24, 2.45) is 5.73 Å². The second-order valence-electron chi connectivity index (χ2n) is 4.76. The van der Waals surface area contributed by atoms with Gasteiger partial charge in [0.2, 0.25) is 0 Å². The van der Waals surface area contributed by atoms with Crippen molar-refractivity contribution in [1.29, 1.82) is 0 Å². The summed E-state index contributed by atoms with van der Waals surface area (Å²) in [5, 5.41) is 5.36. The minimum atomic E-state index is -0.302. The predicted molar refractivity (Wildman–Crippen MR) is 82.5 cm³/mol. The Morgan fingerprint density at radius 2 is 2.25 bits per heavy atom. The number of halogens is 1. The third-order valence-electron chi connectivity index (χ3n) is 3.33. The molecule has 3 aromatic rings. The Hall–Kier alpha value is -1.59. The normalized spacial score (nSPS) is 12.9. The molecule has 1 unspecified atom stereocenters. The number of nitrogens with zero attached hydrogens (tertiary/aromatic N) is 2. The summed E-state index contributed by atoms with van der Waals surface area (Å²) in [4.78, 5) is 0. The van der Waals surface area contributed by atoms with Crippen LogP contribution in [-0.2, 0) is 6.54 Å². The lowest BCUT2D eigenvalue weighted by Crippen LogP contribution is -2.17. The summed E-state index contributed by atoms with van der Waals surface area (Å²) in [6, 6.07) is 9.60. The van der Waals surface area contributed by atoms with Crippen LogP contribution in [0.1, 0.15) is 30.8 Å². The maximum atomic E-state index is 6.34. The van der Waals surface area contributed by atoms with Crippen LogP contribution >= 0.6 is 15.9 Å². The van der Waals surface area contributed by atoms with Gasteiger partial charge in [-0.3, -0.25) is 4.68 Å². The van der Waals surface area contributed by atoms with E-state index in [9.17, 15) is 0 Å². The van der Waals surface area contributed by atoms with Crippen molar-refractivity contribution in [2.45, 2.75) is 25.9 Å². The van der Waals surface area contributed by atoms with Crippen LogP contribution in [0, 0.1) is 0 Å². The molecule has 0 spiro atoms. The van der Waals surface area contributed by atoms with Gasteiger partial charge < -0.3 is 10.2 Å². The maximum absolute atomic E-state index is 6.34. The molecule has 0 radical (unpaired) electrons. The summed E-state index contributed by atoms with van der Waals surface area (Å²) >= 11 is 3.50. The minimum Gasteiger partial charge on any atom is -0.458 e. The molecule has 0 saturated heterocycles. The van der Waals surface area contributed by atoms with E-state index in [1.54, 1.807) is 6.20 Å². The molecule has 2 N–H and O–H groups in total. The van der Waals surface area contributed by atoms with E-state index in [1.807, 2.05) is 35.0 Å². The SMILES string of the molecule is CCCn1nccc1C(N)c1cc2cccc(Br)c2o1. The Kier molecular flexibility index (Phi) is 3.63. The lowest BCUT2D eigenvalue weighted by molar-refractivity contribution is 0.491. The van der Waals surface area contributed by atoms with Crippen molar-refractivity contribution in [3.8, 4) is 0 Å². The maximum Gasteiger partial charge on any atom is 0.148 e. The van der Waals surface area contributed by atoms with Gasteiger partial charge in [-0.1, -0.05) is 19.1 Å². The molecule has 0 amide bonds. The number of hydrogen-bond donors (Lipinski definition) is 1. The number of benzene rings is 1. The zero-order valence-electron chi connectivity index (χ0n) is 11.2. The van der Waals surface area contributed by atoms with Gasteiger partial charge in [0.25, 0.3) is 0 Å². The second-order valence-corrected chi connectivity index (χ2v) is 5.62. The minimum absolute atomic E-state index is 0.302. The summed E-state index contributed by atoms with van der Waals surface area (Å²) in [7, 11) is 0. The van der Waals surface area contributed by atoms with Crippen LogP contribution in [-0.4, -0.2) is 9.78 Å². The molecule has 0 bridgehead atoms. The fourth-order valence-electron chi connectivity index (χ4n) is 2.35. The highest BCUT2D eigenvalue weighted by molar-refractivity contribution is 9.10. The fourth-order valence-corrected chi connectivity index (χ4v) is 2.81. The molecule has 1 aromatic carbocycles. The number of hydrogen-bond acceptors (Lipinski definition) is 3. The van der Waals surface area contributed by atoms with Crippen LogP contribution in [0.3, 0.4) is 0 Å². The molecule has 3 rings (SSSR count). The number of furan rings is 1. The third kappa shape index (κ3) is 2.27. The van der Waals surface area contributed by atoms with Gasteiger partial charge in [0, 0.05) is 18.1 Å². The first kappa shape index (κ1) is 13.4. The first-order chi connectivity index (χ1) is 9.70. The van der Waals surface area contributed by atoms with E-state index in [1.165, 1.54) is 0 Å². The Morgan fingerprint density at radius 3 is 3.00 bits per heavy atom. The van der Waals surface area contributed by atoms with E-state index in [0.717, 1.165) is 39.9 Å². The van der Waals surface area contributed by atoms with Crippen molar-refractivity contribution in [3.05, 3.63) is 52.5 Å². The van der Waals surface area contributed by atoms with Gasteiger partial charge in [0.05, 0.1) is 10.2 Å². The topological polar surface area (TPSA) is 57.0 Å². The van der Waals surface area contributed by atoms with Crippen LogP contribution in [0.15, 0.2) is 45.4 Å². The molecular weight excluding hydrogens is 318 g/mol. The Labute approximate surface area is 125 Å². The fraction of sp³-hybridized carbons (Fsp3) is 0.267. The van der Waals surface area contributed by atoms with Crippen LogP contribution in [0.25, 0.3) is 11.0 Å². The van der Waals surface area contributed by atoms with E-state index in [-0.39, 0.29) is 6.04 Å². The Bertz CT molecular complexity index is 732. The molecule has 0 aliphatic carbocycles. The highest BCUT2D eigenvalue weighted by atomic mass is 79.9. The highest BCUT2D eigenvalue weighted by Gasteiger charge is 2.18. The van der Waals surface area contributed by atoms with Crippen molar-refractivity contribution in [2.75, 3.05) is 0 Å². The molecule has 0 fully saturated rings. The average molecular weight is 334 g/mol. The summed E-state index contributed by atoms with van der Waals surface area (Å²) in [6.07, 6.45) is 2.80. The van der Waals surface area contributed by atoms with Crippen LogP contribution < -0.4 is 5.73 Å². The monoisotopic (exact) mass is 333 g/mol. The molecule has 2 aromatic heterocycles. The number of fused-ring (bicyclic) bond motifs is 1. The van der Waals surface area contributed by atoms with Crippen molar-refractivity contribution in [1.82, 2.24) is 9.78 Å². The van der Waals surface area contributed by atoms with Gasteiger partial charge in [-0.15, -0.1) is 0 Å². The lowest BCUT2D eigenvalue weighted by atomic mass is 10.1. The van der Waals surface area contributed by atoms with Crippen LogP contribution in [0.2, 0.25) is 0 Å². The van der Waals surface area contributed by atoms with E-state index in [2.05, 4.69) is 28.0 Å². The molecule has 2 heterocycles. The van der Waals surface area contributed by atoms with Crippen LogP contribution in [0.4, 0.5) is 0 Å². The predicted octanol–water partition coefficient (Wildman–Crippen LogP) is 3.85. The van der Waals surface area contributed by atoms with Gasteiger partial charge in [-0.05, 0) is 40.5 Å². The Balaban J connectivity index is 2.01. The molecule has 20 heavy (non-hydrogen) atoms. The molecular formula is C15H16BrN3O. The number of aromatic nitrogens is 2. The van der Waals surface area contributed by atoms with Gasteiger partial charge in [0.1, 0.15) is 17.4 Å². The number of nitrogens with two attached hydrogens (primary N) is 1. The van der Waals surface area contributed by atoms with E-state index in [0.29, 0.717) is 0 Å². The van der Waals surface area contributed by atoms with Crippen molar-refractivity contribution < 1.29 is 4.42 Å². The highest BCUT2D eigenvalue weighted by Crippen LogP contribution is 2.31. The van der Waals surface area contributed by atoms with Gasteiger partial charge in [0.15, 0.2) is 0 Å². The molecule has 5 heteroatoms. The van der Waals surface area contributed by atoms with E-state index in [4.69, 9.17) is 10.2 Å². The average Bonchev–Trinajstić information content (AvgIpc) is 3.05. The van der Waals surface area contributed by atoms with Crippen molar-refractivity contribution in [3.63, 3.8) is 0 Å². The molecule has 4 nitrogen and oxygen atoms in total. The number of para-hydroxylation sites is 1. The second kappa shape index (κ2) is 5.42. The summed E-state index contributed by atoms with van der Waals surface area (Å²) < 4.78 is 8.78.